The number of nitrogens with zero attached hydrogens (tertiary/aromatic N) is 5. The molecule has 2 rings (SSSR count). The summed E-state index contributed by atoms with van der Waals surface area (Å²) in [6.07, 6.45) is 5.01. The lowest BCUT2D eigenvalue weighted by Gasteiger charge is -2.38. The van der Waals surface area contributed by atoms with Crippen molar-refractivity contribution in [3.63, 3.8) is 0 Å². The van der Waals surface area contributed by atoms with Crippen LogP contribution in [0.1, 0.15) is 101 Å². The molecule has 0 aromatic heterocycles. The standard InChI is InChI=1S/C58H100N6O10/c1-15-23-59-41-57(11,12)43-70-44-58(13,14)42-64(24-16-2)52(65)22-21-49-17-19-50(20-18-49)31-51-32-62(35-55(68)73-39-47(7)8)28-27-60(33-53(66)71-37-45(3)4)25-26-61(34-54(67)72-38-46(5)6)29-30-63(51)36-56(69)74-40-48(9)10/h15-20,45-48,51,59H,1-2,21-44H2,3-14H3/t51-/m0/s1. The van der Waals surface area contributed by atoms with Crippen molar-refractivity contribution in [2.45, 2.75) is 108 Å². The van der Waals surface area contributed by atoms with Crippen LogP contribution in [0.5, 0.6) is 0 Å². The van der Waals surface area contributed by atoms with E-state index in [1.54, 1.807) is 6.08 Å². The number of rotatable bonds is 33. The van der Waals surface area contributed by atoms with Gasteiger partial charge in [0.05, 0.1) is 65.8 Å². The molecule has 0 saturated carbocycles. The summed E-state index contributed by atoms with van der Waals surface area (Å²) in [5.74, 6) is -0.677. The monoisotopic (exact) mass is 1040 g/mol. The Hall–Kier alpha value is -4.19. The predicted octanol–water partition coefficient (Wildman–Crippen LogP) is 6.41. The van der Waals surface area contributed by atoms with Crippen LogP contribution in [0, 0.1) is 34.5 Å². The number of benzene rings is 1. The largest absolute Gasteiger partial charge is 0.464 e. The molecule has 422 valence electrons. The van der Waals surface area contributed by atoms with E-state index in [2.05, 4.69) is 80.2 Å². The van der Waals surface area contributed by atoms with Crippen LogP contribution < -0.4 is 5.32 Å². The highest BCUT2D eigenvalue weighted by molar-refractivity contribution is 5.77. The van der Waals surface area contributed by atoms with Gasteiger partial charge in [-0.3, -0.25) is 43.6 Å². The van der Waals surface area contributed by atoms with Crippen molar-refractivity contribution in [2.75, 3.05) is 138 Å². The molecule has 1 atom stereocenters. The fourth-order valence-electron chi connectivity index (χ4n) is 8.21. The first kappa shape index (κ1) is 65.9. The molecule has 1 N–H and O–H groups in total. The van der Waals surface area contributed by atoms with Gasteiger partial charge in [0.25, 0.3) is 0 Å². The minimum atomic E-state index is -0.356. The molecular formula is C58H100N6O10. The second kappa shape index (κ2) is 35.2. The van der Waals surface area contributed by atoms with Gasteiger partial charge in [0.1, 0.15) is 0 Å². The molecular weight excluding hydrogens is 941 g/mol. The Bertz CT molecular complexity index is 1820. The molecule has 0 unspecified atom stereocenters. The van der Waals surface area contributed by atoms with Crippen LogP contribution in [-0.2, 0) is 60.5 Å². The molecule has 1 saturated heterocycles. The van der Waals surface area contributed by atoms with Crippen molar-refractivity contribution in [2.24, 2.45) is 34.5 Å². The summed E-state index contributed by atoms with van der Waals surface area (Å²) in [5, 5.41) is 3.38. The maximum Gasteiger partial charge on any atom is 0.320 e. The van der Waals surface area contributed by atoms with Crippen LogP contribution >= 0.6 is 0 Å². The van der Waals surface area contributed by atoms with E-state index in [4.69, 9.17) is 23.7 Å². The van der Waals surface area contributed by atoms with Crippen LogP contribution in [0.2, 0.25) is 0 Å². The van der Waals surface area contributed by atoms with Crippen LogP contribution in [0.25, 0.3) is 0 Å². The van der Waals surface area contributed by atoms with E-state index >= 15 is 0 Å². The van der Waals surface area contributed by atoms with Gasteiger partial charge in [0.2, 0.25) is 5.91 Å². The minimum absolute atomic E-state index is 0.00161. The van der Waals surface area contributed by atoms with Crippen molar-refractivity contribution in [1.29, 1.82) is 0 Å². The first-order valence-electron chi connectivity index (χ1n) is 27.3. The number of ether oxygens (including phenoxy) is 5. The van der Waals surface area contributed by atoms with Gasteiger partial charge >= 0.3 is 23.9 Å². The number of hydrogen-bond donors (Lipinski definition) is 1. The normalized spacial score (nSPS) is 16.2. The first-order valence-corrected chi connectivity index (χ1v) is 27.3. The van der Waals surface area contributed by atoms with E-state index in [-0.39, 0.29) is 103 Å². The van der Waals surface area contributed by atoms with E-state index in [1.165, 1.54) is 0 Å². The second-order valence-electron chi connectivity index (χ2n) is 23.5. The Balaban J connectivity index is 2.47. The molecule has 1 fully saturated rings. The van der Waals surface area contributed by atoms with Crippen molar-refractivity contribution < 1.29 is 47.7 Å². The minimum Gasteiger partial charge on any atom is -0.464 e. The Kier molecular flexibility index (Phi) is 31.4. The van der Waals surface area contributed by atoms with E-state index < -0.39 is 0 Å². The van der Waals surface area contributed by atoms with Gasteiger partial charge in [-0.05, 0) is 47.6 Å². The van der Waals surface area contributed by atoms with E-state index in [0.29, 0.717) is 111 Å². The Morgan fingerprint density at radius 2 is 1.05 bits per heavy atom. The molecule has 16 nitrogen and oxygen atoms in total. The molecule has 0 bridgehead atoms. The molecule has 1 heterocycles. The number of carbonyl (C=O) groups excluding carboxylic acids is 5. The van der Waals surface area contributed by atoms with Gasteiger partial charge in [-0.2, -0.15) is 0 Å². The molecule has 1 aromatic rings. The van der Waals surface area contributed by atoms with Crippen LogP contribution in [-0.4, -0.2) is 198 Å². The zero-order valence-electron chi connectivity index (χ0n) is 48.1. The topological polar surface area (TPSA) is 160 Å². The summed E-state index contributed by atoms with van der Waals surface area (Å²) in [4.78, 5) is 77.5. The van der Waals surface area contributed by atoms with Crippen molar-refractivity contribution in [1.82, 2.24) is 29.8 Å². The summed E-state index contributed by atoms with van der Waals surface area (Å²) >= 11 is 0. The maximum atomic E-state index is 13.8. The summed E-state index contributed by atoms with van der Waals surface area (Å²) in [7, 11) is 0. The summed E-state index contributed by atoms with van der Waals surface area (Å²) < 4.78 is 28.9. The van der Waals surface area contributed by atoms with Crippen LogP contribution in [0.3, 0.4) is 0 Å². The molecule has 0 aliphatic carbocycles. The number of aryl methyl sites for hydroxylation is 1. The van der Waals surface area contributed by atoms with E-state index in [0.717, 1.165) is 24.2 Å². The summed E-state index contributed by atoms with van der Waals surface area (Å²) in [5.41, 5.74) is 1.70. The Morgan fingerprint density at radius 1 is 0.622 bits per heavy atom. The van der Waals surface area contributed by atoms with Crippen LogP contribution in [0.15, 0.2) is 49.6 Å². The summed E-state index contributed by atoms with van der Waals surface area (Å²) in [6, 6.07) is 7.96. The fraction of sp³-hybridized carbons (Fsp3) is 0.741. The number of hydrogen-bond acceptors (Lipinski definition) is 15. The zero-order chi connectivity index (χ0) is 55.3. The SMILES string of the molecule is C=CCNCC(C)(C)COCC(C)(C)CN(CC=C)C(=O)CCc1ccc(C[C@H]2CN(CC(=O)OCC(C)C)CCN(CC(=O)OCC(C)C)CCN(CC(=O)OCC(C)C)CCN2CC(=O)OCC(C)C)cc1. The third-order valence-electron chi connectivity index (χ3n) is 12.2. The number of esters is 4. The lowest BCUT2D eigenvalue weighted by molar-refractivity contribution is -0.149. The third-order valence-corrected chi connectivity index (χ3v) is 12.2. The molecule has 1 amide bonds. The van der Waals surface area contributed by atoms with Gasteiger partial charge in [-0.25, -0.2) is 0 Å². The highest BCUT2D eigenvalue weighted by atomic mass is 16.5. The fourth-order valence-corrected chi connectivity index (χ4v) is 8.21. The predicted molar refractivity (Wildman–Crippen MR) is 295 cm³/mol. The highest BCUT2D eigenvalue weighted by Crippen LogP contribution is 2.22. The number of nitrogens with one attached hydrogen (secondary N) is 1. The van der Waals surface area contributed by atoms with Gasteiger partial charge < -0.3 is 33.9 Å². The average molecular weight is 1040 g/mol. The molecule has 0 spiro atoms. The number of carbonyl (C=O) groups is 5. The molecule has 16 heteroatoms. The van der Waals surface area contributed by atoms with Gasteiger partial charge in [-0.15, -0.1) is 13.2 Å². The smallest absolute Gasteiger partial charge is 0.320 e. The zero-order valence-corrected chi connectivity index (χ0v) is 48.1. The van der Waals surface area contributed by atoms with E-state index in [9.17, 15) is 24.0 Å². The lowest BCUT2D eigenvalue weighted by atomic mass is 9.92. The van der Waals surface area contributed by atoms with Gasteiger partial charge in [-0.1, -0.05) is 120 Å². The van der Waals surface area contributed by atoms with Gasteiger partial charge in [0, 0.05) is 95.3 Å². The molecule has 0 radical (unpaired) electrons. The molecule has 1 aliphatic heterocycles. The van der Waals surface area contributed by atoms with Crippen molar-refractivity contribution in [3.8, 4) is 0 Å². The lowest BCUT2D eigenvalue weighted by Crippen LogP contribution is -2.53. The molecule has 1 aromatic carbocycles. The van der Waals surface area contributed by atoms with Crippen LogP contribution in [0.4, 0.5) is 0 Å². The molecule has 74 heavy (non-hydrogen) atoms. The van der Waals surface area contributed by atoms with E-state index in [1.807, 2.05) is 76.2 Å². The first-order chi connectivity index (χ1) is 34.9. The quantitative estimate of drug-likeness (QED) is 0.0356. The number of amides is 1. The maximum absolute atomic E-state index is 13.8. The van der Waals surface area contributed by atoms with Crippen molar-refractivity contribution >= 4 is 29.8 Å². The molecule has 1 aliphatic rings. The third kappa shape index (κ3) is 30.4. The highest BCUT2D eigenvalue weighted by Gasteiger charge is 2.30. The Morgan fingerprint density at radius 3 is 1.53 bits per heavy atom. The van der Waals surface area contributed by atoms with Gasteiger partial charge in [0.15, 0.2) is 0 Å². The average Bonchev–Trinajstić information content (AvgIpc) is 3.31. The summed E-state index contributed by atoms with van der Waals surface area (Å²) in [6.45, 7) is 40.1. The second-order valence-corrected chi connectivity index (χ2v) is 23.5. The Labute approximate surface area is 447 Å². The van der Waals surface area contributed by atoms with Crippen molar-refractivity contribution in [3.05, 3.63) is 60.7 Å².